The number of aliphatic imine (C=N–C) groups is 1. The first-order valence-electron chi connectivity index (χ1n) is 6.22. The van der Waals surface area contributed by atoms with Gasteiger partial charge in [0, 0.05) is 4.88 Å². The second kappa shape index (κ2) is 6.15. The van der Waals surface area contributed by atoms with E-state index >= 15 is 0 Å². The molecule has 1 amide bonds. The van der Waals surface area contributed by atoms with Crippen LogP contribution in [0.25, 0.3) is 6.08 Å². The van der Waals surface area contributed by atoms with Gasteiger partial charge in [-0.15, -0.1) is 11.3 Å². The molecule has 1 aromatic carbocycles. The third kappa shape index (κ3) is 3.17. The molecule has 0 saturated carbocycles. The number of benzene rings is 1. The van der Waals surface area contributed by atoms with Crippen LogP contribution in [0.3, 0.4) is 0 Å². The lowest BCUT2D eigenvalue weighted by Crippen LogP contribution is -2.19. The van der Waals surface area contributed by atoms with E-state index in [1.165, 1.54) is 11.8 Å². The van der Waals surface area contributed by atoms with Gasteiger partial charge in [0.05, 0.1) is 12.0 Å². The summed E-state index contributed by atoms with van der Waals surface area (Å²) in [6.07, 6.45) is 1.87. The summed E-state index contributed by atoms with van der Waals surface area (Å²) in [5.74, 6) is 0.553. The SMILES string of the molecule is COc1ccccc1N=C1NC(=O)/C(=C\c2cccs2)S1. The smallest absolute Gasteiger partial charge is 0.264 e. The standard InChI is InChI=1S/C15H12N2O2S2/c1-19-12-7-3-2-6-11(12)16-15-17-14(18)13(21-15)9-10-5-4-8-20-10/h2-9H,1H3,(H,16,17,18)/b13-9+. The van der Waals surface area contributed by atoms with Crippen LogP contribution in [0.5, 0.6) is 5.75 Å². The summed E-state index contributed by atoms with van der Waals surface area (Å²) in [5.41, 5.74) is 0.695. The molecule has 6 heteroatoms. The number of thiophene rings is 1. The predicted molar refractivity (Wildman–Crippen MR) is 88.1 cm³/mol. The van der Waals surface area contributed by atoms with Gasteiger partial charge in [0.25, 0.3) is 5.91 Å². The molecule has 4 nitrogen and oxygen atoms in total. The van der Waals surface area contributed by atoms with Crippen LogP contribution < -0.4 is 10.1 Å². The summed E-state index contributed by atoms with van der Waals surface area (Å²) >= 11 is 2.93. The Hall–Kier alpha value is -2.05. The van der Waals surface area contributed by atoms with Crippen LogP contribution in [-0.4, -0.2) is 18.2 Å². The number of carbonyl (C=O) groups is 1. The maximum Gasteiger partial charge on any atom is 0.264 e. The van der Waals surface area contributed by atoms with Crippen molar-refractivity contribution < 1.29 is 9.53 Å². The summed E-state index contributed by atoms with van der Waals surface area (Å²) in [4.78, 5) is 18.1. The molecule has 1 aliphatic rings. The number of thioether (sulfide) groups is 1. The molecule has 2 heterocycles. The topological polar surface area (TPSA) is 50.7 Å². The molecule has 3 rings (SSSR count). The fraction of sp³-hybridized carbons (Fsp3) is 0.0667. The van der Waals surface area contributed by atoms with E-state index in [1.54, 1.807) is 18.4 Å². The Bertz CT molecular complexity index is 721. The Morgan fingerprint density at radius 3 is 2.86 bits per heavy atom. The minimum Gasteiger partial charge on any atom is -0.494 e. The first-order chi connectivity index (χ1) is 10.3. The minimum atomic E-state index is -0.123. The van der Waals surface area contributed by atoms with E-state index in [1.807, 2.05) is 47.9 Å². The molecule has 0 atom stereocenters. The van der Waals surface area contributed by atoms with Gasteiger partial charge in [-0.05, 0) is 41.4 Å². The molecule has 0 bridgehead atoms. The van der Waals surface area contributed by atoms with Gasteiger partial charge < -0.3 is 10.1 Å². The summed E-state index contributed by atoms with van der Waals surface area (Å²) in [7, 11) is 1.60. The van der Waals surface area contributed by atoms with Crippen molar-refractivity contribution in [2.75, 3.05) is 7.11 Å². The summed E-state index contributed by atoms with van der Waals surface area (Å²) in [6, 6.07) is 11.4. The molecule has 0 aliphatic carbocycles. The number of amidine groups is 1. The number of rotatable bonds is 3. The Morgan fingerprint density at radius 2 is 2.10 bits per heavy atom. The molecule has 106 valence electrons. The number of nitrogens with zero attached hydrogens (tertiary/aromatic N) is 1. The van der Waals surface area contributed by atoms with Crippen LogP contribution in [0.15, 0.2) is 51.7 Å². The van der Waals surface area contributed by atoms with Gasteiger partial charge in [-0.1, -0.05) is 18.2 Å². The third-order valence-electron chi connectivity index (χ3n) is 2.77. The second-order valence-corrected chi connectivity index (χ2v) is 6.18. The Morgan fingerprint density at radius 1 is 1.24 bits per heavy atom. The maximum atomic E-state index is 11.9. The van der Waals surface area contributed by atoms with E-state index in [-0.39, 0.29) is 5.91 Å². The highest BCUT2D eigenvalue weighted by Gasteiger charge is 2.24. The van der Waals surface area contributed by atoms with Crippen molar-refractivity contribution in [3.8, 4) is 5.75 Å². The van der Waals surface area contributed by atoms with Crippen LogP contribution in [-0.2, 0) is 4.79 Å². The molecule has 1 aromatic heterocycles. The molecule has 1 aliphatic heterocycles. The largest absolute Gasteiger partial charge is 0.494 e. The van der Waals surface area contributed by atoms with Crippen molar-refractivity contribution in [3.05, 3.63) is 51.6 Å². The summed E-state index contributed by atoms with van der Waals surface area (Å²) in [5, 5.41) is 5.31. The fourth-order valence-electron chi connectivity index (χ4n) is 1.81. The fourth-order valence-corrected chi connectivity index (χ4v) is 3.37. The van der Waals surface area contributed by atoms with Gasteiger partial charge in [0.2, 0.25) is 0 Å². The normalized spacial score (nSPS) is 18.2. The highest BCUT2D eigenvalue weighted by Crippen LogP contribution is 2.32. The van der Waals surface area contributed by atoms with Gasteiger partial charge in [-0.25, -0.2) is 4.99 Å². The lowest BCUT2D eigenvalue weighted by atomic mass is 10.3. The highest BCUT2D eigenvalue weighted by atomic mass is 32.2. The van der Waals surface area contributed by atoms with Gasteiger partial charge in [0.1, 0.15) is 11.4 Å². The van der Waals surface area contributed by atoms with Crippen LogP contribution >= 0.6 is 23.1 Å². The third-order valence-corrected chi connectivity index (χ3v) is 4.50. The first-order valence-corrected chi connectivity index (χ1v) is 7.92. The minimum absolute atomic E-state index is 0.123. The Balaban J connectivity index is 1.86. The number of ether oxygens (including phenoxy) is 1. The monoisotopic (exact) mass is 316 g/mol. The van der Waals surface area contributed by atoms with Gasteiger partial charge >= 0.3 is 0 Å². The van der Waals surface area contributed by atoms with Crippen molar-refractivity contribution in [1.82, 2.24) is 5.32 Å². The zero-order valence-corrected chi connectivity index (χ0v) is 12.8. The van der Waals surface area contributed by atoms with E-state index in [0.29, 0.717) is 21.5 Å². The average Bonchev–Trinajstić information content (AvgIpc) is 3.11. The maximum absolute atomic E-state index is 11.9. The van der Waals surface area contributed by atoms with E-state index in [9.17, 15) is 4.79 Å². The number of carbonyl (C=O) groups excluding carboxylic acids is 1. The van der Waals surface area contributed by atoms with Crippen LogP contribution in [0.4, 0.5) is 5.69 Å². The molecular formula is C15H12N2O2S2. The lowest BCUT2D eigenvalue weighted by molar-refractivity contribution is -0.115. The number of nitrogens with one attached hydrogen (secondary N) is 1. The van der Waals surface area contributed by atoms with Crippen LogP contribution in [0, 0.1) is 0 Å². The number of para-hydroxylation sites is 2. The molecule has 2 aromatic rings. The zero-order valence-electron chi connectivity index (χ0n) is 11.2. The molecule has 1 N–H and O–H groups in total. The lowest BCUT2D eigenvalue weighted by Gasteiger charge is -2.03. The molecule has 0 radical (unpaired) electrons. The van der Waals surface area contributed by atoms with Crippen molar-refractivity contribution in [2.24, 2.45) is 4.99 Å². The van der Waals surface area contributed by atoms with E-state index in [4.69, 9.17) is 4.74 Å². The Labute approximate surface area is 130 Å². The van der Waals surface area contributed by atoms with Gasteiger partial charge in [0.15, 0.2) is 5.17 Å². The number of hydrogen-bond donors (Lipinski definition) is 1. The first kappa shape index (κ1) is 13.9. The highest BCUT2D eigenvalue weighted by molar-refractivity contribution is 8.18. The number of amides is 1. The van der Waals surface area contributed by atoms with Crippen molar-refractivity contribution >= 4 is 45.9 Å². The zero-order chi connectivity index (χ0) is 14.7. The van der Waals surface area contributed by atoms with Crippen LogP contribution in [0.2, 0.25) is 0 Å². The summed E-state index contributed by atoms with van der Waals surface area (Å²) < 4.78 is 5.25. The van der Waals surface area contributed by atoms with Crippen LogP contribution in [0.1, 0.15) is 4.88 Å². The predicted octanol–water partition coefficient (Wildman–Crippen LogP) is 3.65. The Kier molecular flexibility index (Phi) is 4.08. The van der Waals surface area contributed by atoms with Crippen molar-refractivity contribution in [3.63, 3.8) is 0 Å². The molecule has 21 heavy (non-hydrogen) atoms. The quantitative estimate of drug-likeness (QED) is 0.879. The van der Waals surface area contributed by atoms with Crippen molar-refractivity contribution in [1.29, 1.82) is 0 Å². The molecule has 1 fully saturated rings. The summed E-state index contributed by atoms with van der Waals surface area (Å²) in [6.45, 7) is 0. The molecule has 0 unspecified atom stereocenters. The van der Waals surface area contributed by atoms with E-state index in [0.717, 1.165) is 4.88 Å². The van der Waals surface area contributed by atoms with Gasteiger partial charge in [-0.3, -0.25) is 4.79 Å². The average molecular weight is 316 g/mol. The van der Waals surface area contributed by atoms with E-state index in [2.05, 4.69) is 10.3 Å². The molecule has 1 saturated heterocycles. The number of methoxy groups -OCH3 is 1. The second-order valence-electron chi connectivity index (χ2n) is 4.17. The van der Waals surface area contributed by atoms with Gasteiger partial charge in [-0.2, -0.15) is 0 Å². The molecule has 0 spiro atoms. The van der Waals surface area contributed by atoms with E-state index < -0.39 is 0 Å². The number of hydrogen-bond acceptors (Lipinski definition) is 5. The van der Waals surface area contributed by atoms with Crippen molar-refractivity contribution in [2.45, 2.75) is 0 Å². The molecular weight excluding hydrogens is 304 g/mol.